The van der Waals surface area contributed by atoms with Crippen LogP contribution in [0, 0.1) is 17.0 Å². The molecule has 1 aliphatic rings. The Morgan fingerprint density at radius 3 is 2.50 bits per heavy atom. The number of rotatable bonds is 6. The smallest absolute Gasteiger partial charge is 0.270 e. The first-order chi connectivity index (χ1) is 10.4. The van der Waals surface area contributed by atoms with Gasteiger partial charge in [-0.15, -0.1) is 24.8 Å². The van der Waals surface area contributed by atoms with Crippen molar-refractivity contribution in [3.63, 3.8) is 0 Å². The first-order valence-electron chi connectivity index (χ1n) is 7.08. The lowest BCUT2D eigenvalue weighted by Gasteiger charge is -2.27. The third kappa shape index (κ3) is 6.15. The Hall–Kier alpha value is -0.970. The van der Waals surface area contributed by atoms with Crippen molar-refractivity contribution in [3.05, 3.63) is 33.9 Å². The van der Waals surface area contributed by atoms with Gasteiger partial charge in [-0.2, -0.15) is 0 Å². The van der Waals surface area contributed by atoms with E-state index in [1.807, 2.05) is 0 Å². The van der Waals surface area contributed by atoms with Gasteiger partial charge in [0.05, 0.1) is 9.82 Å². The minimum absolute atomic E-state index is 0. The second-order valence-electron chi connectivity index (χ2n) is 5.20. The second-order valence-corrected chi connectivity index (χ2v) is 6.93. The Bertz CT molecular complexity index is 651. The molecular weight excluding hydrogens is 379 g/mol. The van der Waals surface area contributed by atoms with E-state index in [2.05, 4.69) is 14.9 Å². The molecule has 8 nitrogen and oxygen atoms in total. The molecule has 0 saturated carbocycles. The van der Waals surface area contributed by atoms with Crippen LogP contribution in [0.15, 0.2) is 23.1 Å². The van der Waals surface area contributed by atoms with E-state index in [-0.39, 0.29) is 41.9 Å². The molecule has 0 bridgehead atoms. The topological polar surface area (TPSA) is 105 Å². The number of aryl methyl sites for hydroxylation is 1. The molecule has 0 radical (unpaired) electrons. The highest BCUT2D eigenvalue weighted by atomic mass is 35.5. The van der Waals surface area contributed by atoms with Crippen molar-refractivity contribution in [1.82, 2.24) is 14.9 Å². The number of hydrogen-bond acceptors (Lipinski definition) is 6. The van der Waals surface area contributed by atoms with Gasteiger partial charge in [0, 0.05) is 51.4 Å². The van der Waals surface area contributed by atoms with Crippen molar-refractivity contribution in [2.45, 2.75) is 11.8 Å². The fourth-order valence-corrected chi connectivity index (χ4v) is 3.63. The number of nitro benzene ring substituents is 1. The van der Waals surface area contributed by atoms with Crippen molar-refractivity contribution < 1.29 is 13.3 Å². The molecule has 2 N–H and O–H groups in total. The SMILES string of the molecule is Cc1ccc([N+](=O)[O-])cc1S(=O)(=O)NCCN1CCNCC1.Cl.Cl. The molecule has 0 aromatic heterocycles. The third-order valence-electron chi connectivity index (χ3n) is 3.60. The molecule has 1 aromatic rings. The van der Waals surface area contributed by atoms with Crippen molar-refractivity contribution >= 4 is 40.5 Å². The van der Waals surface area contributed by atoms with Gasteiger partial charge in [-0.1, -0.05) is 6.07 Å². The van der Waals surface area contributed by atoms with Crippen LogP contribution in [0.2, 0.25) is 0 Å². The predicted molar refractivity (Wildman–Crippen MR) is 96.8 cm³/mol. The summed E-state index contributed by atoms with van der Waals surface area (Å²) in [6.45, 7) is 6.09. The van der Waals surface area contributed by atoms with Crippen LogP contribution in [0.4, 0.5) is 5.69 Å². The highest BCUT2D eigenvalue weighted by Gasteiger charge is 2.20. The van der Waals surface area contributed by atoms with Gasteiger partial charge in [-0.3, -0.25) is 15.0 Å². The van der Waals surface area contributed by atoms with Crippen molar-refractivity contribution in [2.75, 3.05) is 39.3 Å². The van der Waals surface area contributed by atoms with Crippen LogP contribution in [-0.4, -0.2) is 57.5 Å². The van der Waals surface area contributed by atoms with E-state index in [1.54, 1.807) is 6.92 Å². The molecule has 24 heavy (non-hydrogen) atoms. The monoisotopic (exact) mass is 400 g/mol. The van der Waals surface area contributed by atoms with Gasteiger partial charge in [0.15, 0.2) is 0 Å². The summed E-state index contributed by atoms with van der Waals surface area (Å²) in [6.07, 6.45) is 0. The Morgan fingerprint density at radius 2 is 1.92 bits per heavy atom. The van der Waals surface area contributed by atoms with Crippen molar-refractivity contribution in [3.8, 4) is 0 Å². The van der Waals surface area contributed by atoms with Gasteiger partial charge in [0.1, 0.15) is 0 Å². The van der Waals surface area contributed by atoms with E-state index >= 15 is 0 Å². The molecule has 1 aromatic carbocycles. The fourth-order valence-electron chi connectivity index (χ4n) is 2.34. The largest absolute Gasteiger partial charge is 0.314 e. The molecule has 0 amide bonds. The van der Waals surface area contributed by atoms with E-state index in [0.29, 0.717) is 12.1 Å². The maximum Gasteiger partial charge on any atom is 0.270 e. The highest BCUT2D eigenvalue weighted by molar-refractivity contribution is 7.89. The molecule has 1 heterocycles. The summed E-state index contributed by atoms with van der Waals surface area (Å²) in [4.78, 5) is 12.3. The van der Waals surface area contributed by atoms with Crippen LogP contribution in [0.25, 0.3) is 0 Å². The number of halogens is 2. The number of hydrogen-bond donors (Lipinski definition) is 2. The minimum atomic E-state index is -3.74. The van der Waals surface area contributed by atoms with E-state index in [9.17, 15) is 18.5 Å². The van der Waals surface area contributed by atoms with Crippen LogP contribution in [-0.2, 0) is 10.0 Å². The molecule has 2 rings (SSSR count). The summed E-state index contributed by atoms with van der Waals surface area (Å²) in [5.41, 5.74) is 0.258. The summed E-state index contributed by atoms with van der Waals surface area (Å²) in [5, 5.41) is 14.0. The van der Waals surface area contributed by atoms with Crippen LogP contribution in [0.1, 0.15) is 5.56 Å². The van der Waals surface area contributed by atoms with Gasteiger partial charge in [-0.25, -0.2) is 13.1 Å². The lowest BCUT2D eigenvalue weighted by Crippen LogP contribution is -2.46. The fraction of sp³-hybridized carbons (Fsp3) is 0.538. The first-order valence-corrected chi connectivity index (χ1v) is 8.56. The molecule has 0 spiro atoms. The lowest BCUT2D eigenvalue weighted by atomic mass is 10.2. The number of benzene rings is 1. The predicted octanol–water partition coefficient (Wildman–Crippen LogP) is 0.930. The molecule has 1 saturated heterocycles. The first kappa shape index (κ1) is 23.0. The summed E-state index contributed by atoms with van der Waals surface area (Å²) in [6, 6.07) is 3.85. The molecule has 0 aliphatic carbocycles. The summed E-state index contributed by atoms with van der Waals surface area (Å²) in [5.74, 6) is 0. The summed E-state index contributed by atoms with van der Waals surface area (Å²) < 4.78 is 27.1. The van der Waals surface area contributed by atoms with Gasteiger partial charge in [0.25, 0.3) is 5.69 Å². The molecule has 11 heteroatoms. The zero-order chi connectivity index (χ0) is 16.2. The normalized spacial score (nSPS) is 15.2. The van der Waals surface area contributed by atoms with E-state index in [0.717, 1.165) is 32.2 Å². The van der Waals surface area contributed by atoms with Crippen LogP contribution < -0.4 is 10.0 Å². The van der Waals surface area contributed by atoms with Gasteiger partial charge >= 0.3 is 0 Å². The van der Waals surface area contributed by atoms with Crippen LogP contribution >= 0.6 is 24.8 Å². The summed E-state index contributed by atoms with van der Waals surface area (Å²) in [7, 11) is -3.74. The number of nitro groups is 1. The number of nitrogens with zero attached hydrogens (tertiary/aromatic N) is 2. The molecule has 0 unspecified atom stereocenters. The van der Waals surface area contributed by atoms with Crippen molar-refractivity contribution in [2.24, 2.45) is 0 Å². The molecule has 138 valence electrons. The Kier molecular flexibility index (Phi) is 9.71. The molecule has 1 aliphatic heterocycles. The van der Waals surface area contributed by atoms with Gasteiger partial charge in [0.2, 0.25) is 10.0 Å². The molecular formula is C13H22Cl2N4O4S. The molecule has 1 fully saturated rings. The zero-order valence-corrected chi connectivity index (χ0v) is 15.7. The average Bonchev–Trinajstić information content (AvgIpc) is 2.48. The highest BCUT2D eigenvalue weighted by Crippen LogP contribution is 2.21. The second kappa shape index (κ2) is 10.1. The maximum absolute atomic E-state index is 12.3. The quantitative estimate of drug-likeness (QED) is 0.543. The third-order valence-corrected chi connectivity index (χ3v) is 5.20. The maximum atomic E-state index is 12.3. The standard InChI is InChI=1S/C13H20N4O4S.2ClH/c1-11-2-3-12(17(18)19)10-13(11)22(20,21)15-6-9-16-7-4-14-5-8-16;;/h2-3,10,14-15H,4-9H2,1H3;2*1H. The molecule has 0 atom stereocenters. The van der Waals surface area contributed by atoms with Gasteiger partial charge < -0.3 is 5.32 Å². The number of non-ortho nitro benzene ring substituents is 1. The van der Waals surface area contributed by atoms with E-state index in [1.165, 1.54) is 12.1 Å². The Morgan fingerprint density at radius 1 is 1.29 bits per heavy atom. The van der Waals surface area contributed by atoms with E-state index < -0.39 is 14.9 Å². The number of nitrogens with one attached hydrogen (secondary N) is 2. The number of piperazine rings is 1. The zero-order valence-electron chi connectivity index (χ0n) is 13.2. The average molecular weight is 401 g/mol. The summed E-state index contributed by atoms with van der Waals surface area (Å²) >= 11 is 0. The van der Waals surface area contributed by atoms with E-state index in [4.69, 9.17) is 0 Å². The van der Waals surface area contributed by atoms with Crippen molar-refractivity contribution in [1.29, 1.82) is 0 Å². The van der Waals surface area contributed by atoms with Gasteiger partial charge in [-0.05, 0) is 12.5 Å². The van der Waals surface area contributed by atoms with Crippen LogP contribution in [0.3, 0.4) is 0 Å². The number of sulfonamides is 1. The Balaban J connectivity index is 0.00000264. The Labute approximate surface area is 154 Å². The minimum Gasteiger partial charge on any atom is -0.314 e. The lowest BCUT2D eigenvalue weighted by molar-refractivity contribution is -0.385. The van der Waals surface area contributed by atoms with Crippen LogP contribution in [0.5, 0.6) is 0 Å².